The first-order valence-corrected chi connectivity index (χ1v) is 5.37. The Kier molecular flexibility index (Phi) is 5.36. The topological polar surface area (TPSA) is 47.0 Å². The summed E-state index contributed by atoms with van der Waals surface area (Å²) in [4.78, 5) is 7.90. The highest BCUT2D eigenvalue weighted by Crippen LogP contribution is 2.11. The van der Waals surface area contributed by atoms with Crippen molar-refractivity contribution in [3.05, 3.63) is 17.5 Å². The summed E-state index contributed by atoms with van der Waals surface area (Å²) in [5.41, 5.74) is 0. The van der Waals surface area contributed by atoms with Gasteiger partial charge in [-0.2, -0.15) is 0 Å². The minimum Gasteiger partial charge on any atom is -0.383 e. The van der Waals surface area contributed by atoms with Crippen LogP contribution in [-0.2, 0) is 4.74 Å². The molecule has 0 radical (unpaired) electrons. The molecule has 1 aromatic heterocycles. The van der Waals surface area contributed by atoms with E-state index in [0.717, 1.165) is 18.7 Å². The molecule has 0 fully saturated rings. The third-order valence-electron chi connectivity index (χ3n) is 1.99. The van der Waals surface area contributed by atoms with Gasteiger partial charge in [0.1, 0.15) is 17.3 Å². The van der Waals surface area contributed by atoms with Crippen molar-refractivity contribution >= 4 is 17.4 Å². The third kappa shape index (κ3) is 4.44. The molecule has 5 heteroatoms. The van der Waals surface area contributed by atoms with Crippen LogP contribution in [0.5, 0.6) is 0 Å². The summed E-state index contributed by atoms with van der Waals surface area (Å²) < 4.78 is 5.12. The van der Waals surface area contributed by atoms with Crippen molar-refractivity contribution in [2.75, 3.05) is 19.0 Å². The molecule has 1 rings (SSSR count). The maximum atomic E-state index is 5.76. The largest absolute Gasteiger partial charge is 0.383 e. The zero-order chi connectivity index (χ0) is 11.1. The number of hydrogen-bond acceptors (Lipinski definition) is 4. The summed E-state index contributed by atoms with van der Waals surface area (Å²) in [6.07, 6.45) is 3.58. The lowest BCUT2D eigenvalue weighted by atomic mass is 10.2. The molecule has 1 N–H and O–H groups in total. The molecule has 0 aromatic carbocycles. The minimum atomic E-state index is 0.269. The second-order valence-corrected chi connectivity index (χ2v) is 3.70. The van der Waals surface area contributed by atoms with Gasteiger partial charge in [0.15, 0.2) is 0 Å². The number of anilines is 1. The van der Waals surface area contributed by atoms with Gasteiger partial charge in [-0.3, -0.25) is 0 Å². The average molecular weight is 230 g/mol. The van der Waals surface area contributed by atoms with Crippen LogP contribution in [-0.4, -0.2) is 29.7 Å². The number of halogens is 1. The van der Waals surface area contributed by atoms with Gasteiger partial charge in [-0.05, 0) is 6.42 Å². The fourth-order valence-corrected chi connectivity index (χ4v) is 1.52. The molecule has 84 valence electrons. The molecule has 15 heavy (non-hydrogen) atoms. The first kappa shape index (κ1) is 12.2. The summed E-state index contributed by atoms with van der Waals surface area (Å²) in [5.74, 6) is 0.741. The molecule has 0 amide bonds. The van der Waals surface area contributed by atoms with E-state index in [-0.39, 0.29) is 6.04 Å². The molecule has 1 atom stereocenters. The van der Waals surface area contributed by atoms with Gasteiger partial charge < -0.3 is 10.1 Å². The summed E-state index contributed by atoms with van der Waals surface area (Å²) in [6, 6.07) is 1.98. The highest BCUT2D eigenvalue weighted by atomic mass is 35.5. The number of rotatable bonds is 6. The predicted octanol–water partition coefficient (Wildman–Crippen LogP) is 2.36. The van der Waals surface area contributed by atoms with Gasteiger partial charge in [0, 0.05) is 13.2 Å². The van der Waals surface area contributed by atoms with Crippen LogP contribution in [0.2, 0.25) is 5.15 Å². The van der Waals surface area contributed by atoms with E-state index in [1.165, 1.54) is 6.33 Å². The number of aromatic nitrogens is 2. The second-order valence-electron chi connectivity index (χ2n) is 3.31. The Hall–Kier alpha value is -0.870. The second kappa shape index (κ2) is 6.58. The lowest BCUT2D eigenvalue weighted by Gasteiger charge is -2.17. The van der Waals surface area contributed by atoms with Crippen LogP contribution >= 0.6 is 11.6 Å². The average Bonchev–Trinajstić information content (AvgIpc) is 2.18. The standard InChI is InChI=1S/C10H16ClN3O/c1-3-4-8(6-15-2)14-10-5-9(11)12-7-13-10/h5,7-8H,3-4,6H2,1-2H3,(H,12,13,14). The van der Waals surface area contributed by atoms with Gasteiger partial charge >= 0.3 is 0 Å². The number of hydrogen-bond donors (Lipinski definition) is 1. The van der Waals surface area contributed by atoms with Gasteiger partial charge in [0.25, 0.3) is 0 Å². The minimum absolute atomic E-state index is 0.269. The maximum Gasteiger partial charge on any atom is 0.134 e. The van der Waals surface area contributed by atoms with Gasteiger partial charge in [0.2, 0.25) is 0 Å². The van der Waals surface area contributed by atoms with Crippen molar-refractivity contribution in [2.45, 2.75) is 25.8 Å². The molecule has 0 saturated heterocycles. The zero-order valence-electron chi connectivity index (χ0n) is 9.03. The van der Waals surface area contributed by atoms with Crippen LogP contribution in [0.25, 0.3) is 0 Å². The van der Waals surface area contributed by atoms with Crippen LogP contribution in [0.1, 0.15) is 19.8 Å². The zero-order valence-corrected chi connectivity index (χ0v) is 9.79. The number of nitrogens with zero attached hydrogens (tertiary/aromatic N) is 2. The molecule has 4 nitrogen and oxygen atoms in total. The lowest BCUT2D eigenvalue weighted by molar-refractivity contribution is 0.182. The Balaban J connectivity index is 2.56. The summed E-state index contributed by atoms with van der Waals surface area (Å²) in [6.45, 7) is 2.80. The SMILES string of the molecule is CCCC(COC)Nc1cc(Cl)ncn1. The third-order valence-corrected chi connectivity index (χ3v) is 2.20. The van der Waals surface area contributed by atoms with Crippen LogP contribution in [0.15, 0.2) is 12.4 Å². The number of nitrogens with one attached hydrogen (secondary N) is 1. The van der Waals surface area contributed by atoms with Crippen molar-refractivity contribution in [2.24, 2.45) is 0 Å². The number of ether oxygens (including phenoxy) is 1. The Morgan fingerprint density at radius 2 is 2.33 bits per heavy atom. The van der Waals surface area contributed by atoms with E-state index < -0.39 is 0 Å². The van der Waals surface area contributed by atoms with E-state index >= 15 is 0 Å². The fraction of sp³-hybridized carbons (Fsp3) is 0.600. The molecule has 0 saturated carbocycles. The van der Waals surface area contributed by atoms with E-state index in [9.17, 15) is 0 Å². The van der Waals surface area contributed by atoms with Gasteiger partial charge in [-0.25, -0.2) is 9.97 Å². The molecular weight excluding hydrogens is 214 g/mol. The number of methoxy groups -OCH3 is 1. The molecular formula is C10H16ClN3O. The van der Waals surface area contributed by atoms with Crippen molar-refractivity contribution in [1.29, 1.82) is 0 Å². The van der Waals surface area contributed by atoms with Gasteiger partial charge in [-0.1, -0.05) is 24.9 Å². The predicted molar refractivity (Wildman–Crippen MR) is 61.2 cm³/mol. The van der Waals surface area contributed by atoms with Crippen LogP contribution < -0.4 is 5.32 Å². The first-order valence-electron chi connectivity index (χ1n) is 4.99. The van der Waals surface area contributed by atoms with Crippen LogP contribution in [0.4, 0.5) is 5.82 Å². The quantitative estimate of drug-likeness (QED) is 0.761. The molecule has 0 aliphatic heterocycles. The smallest absolute Gasteiger partial charge is 0.134 e. The molecule has 0 bridgehead atoms. The van der Waals surface area contributed by atoms with Gasteiger partial charge in [-0.15, -0.1) is 0 Å². The van der Waals surface area contributed by atoms with Gasteiger partial charge in [0.05, 0.1) is 12.6 Å². The van der Waals surface area contributed by atoms with E-state index in [1.54, 1.807) is 13.2 Å². The van der Waals surface area contributed by atoms with Crippen LogP contribution in [0, 0.1) is 0 Å². The Labute approximate surface area is 95.0 Å². The van der Waals surface area contributed by atoms with Crippen molar-refractivity contribution in [1.82, 2.24) is 9.97 Å². The molecule has 1 heterocycles. The first-order chi connectivity index (χ1) is 7.26. The Morgan fingerprint density at radius 3 is 2.93 bits per heavy atom. The van der Waals surface area contributed by atoms with Crippen molar-refractivity contribution < 1.29 is 4.74 Å². The Bertz CT molecular complexity index is 290. The van der Waals surface area contributed by atoms with E-state index in [4.69, 9.17) is 16.3 Å². The summed E-state index contributed by atoms with van der Waals surface area (Å²) in [5, 5.41) is 3.71. The molecule has 1 unspecified atom stereocenters. The highest BCUT2D eigenvalue weighted by Gasteiger charge is 2.07. The molecule has 0 aliphatic rings. The maximum absolute atomic E-state index is 5.76. The van der Waals surface area contributed by atoms with Crippen molar-refractivity contribution in [3.63, 3.8) is 0 Å². The lowest BCUT2D eigenvalue weighted by Crippen LogP contribution is -2.25. The van der Waals surface area contributed by atoms with E-state index in [0.29, 0.717) is 11.8 Å². The summed E-state index contributed by atoms with van der Waals surface area (Å²) in [7, 11) is 1.69. The normalized spacial score (nSPS) is 12.5. The Morgan fingerprint density at radius 1 is 1.53 bits per heavy atom. The van der Waals surface area contributed by atoms with Crippen LogP contribution in [0.3, 0.4) is 0 Å². The highest BCUT2D eigenvalue weighted by molar-refractivity contribution is 6.29. The molecule has 0 spiro atoms. The molecule has 0 aliphatic carbocycles. The monoisotopic (exact) mass is 229 g/mol. The van der Waals surface area contributed by atoms with E-state index in [2.05, 4.69) is 22.2 Å². The molecule has 1 aromatic rings. The van der Waals surface area contributed by atoms with E-state index in [1.807, 2.05) is 0 Å². The van der Waals surface area contributed by atoms with Crippen molar-refractivity contribution in [3.8, 4) is 0 Å². The summed E-state index contributed by atoms with van der Waals surface area (Å²) >= 11 is 5.76. The fourth-order valence-electron chi connectivity index (χ4n) is 1.37.